The third kappa shape index (κ3) is 3.82. The van der Waals surface area contributed by atoms with E-state index in [0.29, 0.717) is 11.1 Å². The van der Waals surface area contributed by atoms with Crippen molar-refractivity contribution in [2.45, 2.75) is 19.4 Å². The van der Waals surface area contributed by atoms with Gasteiger partial charge in [-0.25, -0.2) is 0 Å². The van der Waals surface area contributed by atoms with E-state index in [-0.39, 0.29) is 12.3 Å². The van der Waals surface area contributed by atoms with E-state index in [9.17, 15) is 9.59 Å². The smallest absolute Gasteiger partial charge is 0.251 e. The number of carbonyl (C=O) groups excluding carboxylic acids is 2. The number of nitrogens with one attached hydrogen (secondary N) is 1. The lowest BCUT2D eigenvalue weighted by molar-refractivity contribution is -0.120. The maximum absolute atomic E-state index is 12.0. The van der Waals surface area contributed by atoms with E-state index in [1.165, 1.54) is 24.3 Å². The van der Waals surface area contributed by atoms with Gasteiger partial charge in [0, 0.05) is 12.0 Å². The Bertz CT molecular complexity index is 581. The fourth-order valence-corrected chi connectivity index (χ4v) is 1.68. The lowest BCUT2D eigenvalue weighted by Crippen LogP contribution is -2.48. The molecule has 0 aliphatic carbocycles. The van der Waals surface area contributed by atoms with Gasteiger partial charge in [-0.05, 0) is 30.2 Å². The lowest BCUT2D eigenvalue weighted by atomic mass is 9.98. The molecule has 0 heterocycles. The summed E-state index contributed by atoms with van der Waals surface area (Å²) in [6, 6.07) is 8.96. The number of benzene rings is 1. The van der Waals surface area contributed by atoms with E-state index in [0.717, 1.165) is 0 Å². The molecule has 6 heteroatoms. The maximum Gasteiger partial charge on any atom is 0.251 e. The van der Waals surface area contributed by atoms with Crippen LogP contribution >= 0.6 is 0 Å². The Labute approximate surface area is 116 Å². The largest absolute Gasteiger partial charge is 0.368 e. The van der Waals surface area contributed by atoms with E-state index >= 15 is 0 Å². The fourth-order valence-electron chi connectivity index (χ4n) is 1.68. The second kappa shape index (κ2) is 6.91. The minimum absolute atomic E-state index is 0.112. The van der Waals surface area contributed by atoms with Crippen LogP contribution in [0, 0.1) is 28.6 Å². The molecular weight excluding hydrogens is 256 g/mol. The Kier molecular flexibility index (Phi) is 5.25. The minimum atomic E-state index is -0.905. The summed E-state index contributed by atoms with van der Waals surface area (Å²) in [4.78, 5) is 23.3. The Balaban J connectivity index is 2.83. The van der Waals surface area contributed by atoms with Crippen molar-refractivity contribution in [2.75, 3.05) is 0 Å². The number of nitrogens with zero attached hydrogens (tertiary/aromatic N) is 2. The average Bonchev–Trinajstić information content (AvgIpc) is 2.44. The third-order valence-corrected chi connectivity index (χ3v) is 2.85. The molecule has 0 radical (unpaired) electrons. The van der Waals surface area contributed by atoms with Gasteiger partial charge in [0.2, 0.25) is 5.91 Å². The van der Waals surface area contributed by atoms with Gasteiger partial charge in [-0.15, -0.1) is 0 Å². The molecule has 2 amide bonds. The van der Waals surface area contributed by atoms with Crippen LogP contribution in [0.3, 0.4) is 0 Å². The average molecular weight is 270 g/mol. The highest BCUT2D eigenvalue weighted by molar-refractivity contribution is 5.97. The minimum Gasteiger partial charge on any atom is -0.368 e. The highest BCUT2D eigenvalue weighted by atomic mass is 16.2. The van der Waals surface area contributed by atoms with Crippen LogP contribution in [0.4, 0.5) is 0 Å². The zero-order valence-electron chi connectivity index (χ0n) is 11.0. The highest BCUT2D eigenvalue weighted by Gasteiger charge is 2.25. The van der Waals surface area contributed by atoms with Crippen LogP contribution in [0.15, 0.2) is 24.3 Å². The van der Waals surface area contributed by atoms with Crippen molar-refractivity contribution < 1.29 is 9.59 Å². The van der Waals surface area contributed by atoms with Crippen LogP contribution in [0.25, 0.3) is 0 Å². The van der Waals surface area contributed by atoms with Crippen molar-refractivity contribution in [1.82, 2.24) is 5.32 Å². The van der Waals surface area contributed by atoms with E-state index in [1.807, 2.05) is 12.1 Å². The molecule has 0 aliphatic rings. The van der Waals surface area contributed by atoms with Crippen molar-refractivity contribution in [3.8, 4) is 12.1 Å². The summed E-state index contributed by atoms with van der Waals surface area (Å²) < 4.78 is 0. The monoisotopic (exact) mass is 270 g/mol. The first-order chi connectivity index (χ1) is 9.49. The normalized spacial score (nSPS) is 12.6. The van der Waals surface area contributed by atoms with E-state index in [1.54, 1.807) is 6.92 Å². The van der Waals surface area contributed by atoms with Gasteiger partial charge < -0.3 is 11.1 Å². The Morgan fingerprint density at radius 1 is 1.30 bits per heavy atom. The summed E-state index contributed by atoms with van der Waals surface area (Å²) in [5.74, 6) is -1.53. The number of rotatable bonds is 5. The van der Waals surface area contributed by atoms with Gasteiger partial charge in [0.25, 0.3) is 5.91 Å². The molecule has 20 heavy (non-hydrogen) atoms. The topological polar surface area (TPSA) is 120 Å². The molecule has 0 saturated heterocycles. The molecule has 2 atom stereocenters. The first-order valence-electron chi connectivity index (χ1n) is 5.97. The number of carbonyl (C=O) groups is 2. The molecule has 0 fully saturated rings. The number of hydrogen-bond donors (Lipinski definition) is 2. The molecule has 0 aliphatic heterocycles. The van der Waals surface area contributed by atoms with Crippen LogP contribution < -0.4 is 11.1 Å². The zero-order chi connectivity index (χ0) is 15.1. The van der Waals surface area contributed by atoms with Crippen LogP contribution in [0.5, 0.6) is 0 Å². The predicted molar refractivity (Wildman–Crippen MR) is 71.0 cm³/mol. The molecule has 0 aromatic heterocycles. The van der Waals surface area contributed by atoms with Gasteiger partial charge >= 0.3 is 0 Å². The van der Waals surface area contributed by atoms with Gasteiger partial charge in [0.05, 0.1) is 17.7 Å². The number of nitrogens with two attached hydrogens (primary N) is 1. The predicted octanol–water partition coefficient (Wildman–Crippen LogP) is 0.692. The second-order valence-corrected chi connectivity index (χ2v) is 4.38. The van der Waals surface area contributed by atoms with E-state index < -0.39 is 17.9 Å². The summed E-state index contributed by atoms with van der Waals surface area (Å²) in [5.41, 5.74) is 5.99. The summed E-state index contributed by atoms with van der Waals surface area (Å²) in [6.07, 6.45) is 0.112. The van der Waals surface area contributed by atoms with Gasteiger partial charge in [0.15, 0.2) is 0 Å². The summed E-state index contributed by atoms with van der Waals surface area (Å²) in [7, 11) is 0. The summed E-state index contributed by atoms with van der Waals surface area (Å²) in [6.45, 7) is 1.66. The number of primary amides is 1. The van der Waals surface area contributed by atoms with Crippen molar-refractivity contribution in [1.29, 1.82) is 10.5 Å². The first kappa shape index (κ1) is 15.2. The molecular formula is C14H14N4O2. The van der Waals surface area contributed by atoms with E-state index in [4.69, 9.17) is 16.3 Å². The summed E-state index contributed by atoms with van der Waals surface area (Å²) in [5, 5.41) is 19.8. The lowest BCUT2D eigenvalue weighted by Gasteiger charge is -2.20. The SMILES string of the molecule is C[C@@H](CC#N)[C@H](NC(=O)c1ccc(C#N)cc1)C(N)=O. The molecule has 1 aromatic carbocycles. The van der Waals surface area contributed by atoms with E-state index in [2.05, 4.69) is 5.32 Å². The second-order valence-electron chi connectivity index (χ2n) is 4.38. The fraction of sp³-hybridized carbons (Fsp3) is 0.286. The maximum atomic E-state index is 12.0. The standard InChI is InChI=1S/C14H14N4O2/c1-9(6-7-15)12(13(17)19)18-14(20)11-4-2-10(8-16)3-5-11/h2-5,9,12H,6H2,1H3,(H2,17,19)(H,18,20)/t9-,12-/m0/s1. The van der Waals surface area contributed by atoms with Crippen molar-refractivity contribution in [3.05, 3.63) is 35.4 Å². The molecule has 0 bridgehead atoms. The van der Waals surface area contributed by atoms with Crippen LogP contribution in [0.1, 0.15) is 29.3 Å². The number of nitriles is 2. The van der Waals surface area contributed by atoms with Crippen LogP contribution in [-0.4, -0.2) is 17.9 Å². The molecule has 102 valence electrons. The molecule has 0 spiro atoms. The van der Waals surface area contributed by atoms with Gasteiger partial charge in [0.1, 0.15) is 6.04 Å². The van der Waals surface area contributed by atoms with Crippen molar-refractivity contribution in [3.63, 3.8) is 0 Å². The Morgan fingerprint density at radius 2 is 1.90 bits per heavy atom. The Hall–Kier alpha value is -2.86. The van der Waals surface area contributed by atoms with Crippen LogP contribution in [0.2, 0.25) is 0 Å². The van der Waals surface area contributed by atoms with Crippen LogP contribution in [-0.2, 0) is 4.79 Å². The molecule has 6 nitrogen and oxygen atoms in total. The van der Waals surface area contributed by atoms with Gasteiger partial charge in [-0.2, -0.15) is 10.5 Å². The number of amides is 2. The van der Waals surface area contributed by atoms with Crippen molar-refractivity contribution >= 4 is 11.8 Å². The molecule has 0 saturated carbocycles. The number of hydrogen-bond acceptors (Lipinski definition) is 4. The zero-order valence-corrected chi connectivity index (χ0v) is 11.0. The molecule has 3 N–H and O–H groups in total. The first-order valence-corrected chi connectivity index (χ1v) is 5.97. The van der Waals surface area contributed by atoms with Crippen molar-refractivity contribution in [2.24, 2.45) is 11.7 Å². The van der Waals surface area contributed by atoms with Gasteiger partial charge in [-0.3, -0.25) is 9.59 Å². The molecule has 0 unspecified atom stereocenters. The molecule has 1 rings (SSSR count). The molecule has 1 aromatic rings. The third-order valence-electron chi connectivity index (χ3n) is 2.85. The van der Waals surface area contributed by atoms with Gasteiger partial charge in [-0.1, -0.05) is 6.92 Å². The highest BCUT2D eigenvalue weighted by Crippen LogP contribution is 2.09. The summed E-state index contributed by atoms with van der Waals surface area (Å²) >= 11 is 0. The quantitative estimate of drug-likeness (QED) is 0.817. The Morgan fingerprint density at radius 3 is 2.35 bits per heavy atom.